The number of amides is 2. The first-order valence-corrected chi connectivity index (χ1v) is 10.8. The van der Waals surface area contributed by atoms with Gasteiger partial charge in [-0.05, 0) is 66.9 Å². The van der Waals surface area contributed by atoms with Gasteiger partial charge in [-0.15, -0.1) is 0 Å². The van der Waals surface area contributed by atoms with E-state index in [2.05, 4.69) is 10.6 Å². The third-order valence-electron chi connectivity index (χ3n) is 6.21. The van der Waals surface area contributed by atoms with E-state index in [1.165, 1.54) is 6.26 Å². The SMILES string of the molecule is O=C(Nc1ccc(NC(=O)C2(c3ccc4c(c3)OCO4)CCCCC2)cc1)c1ccco1. The van der Waals surface area contributed by atoms with Gasteiger partial charge in [-0.25, -0.2) is 0 Å². The molecule has 164 valence electrons. The van der Waals surface area contributed by atoms with Crippen molar-refractivity contribution in [3.8, 4) is 11.5 Å². The van der Waals surface area contributed by atoms with E-state index >= 15 is 0 Å². The van der Waals surface area contributed by atoms with Gasteiger partial charge in [0.25, 0.3) is 5.91 Å². The van der Waals surface area contributed by atoms with Crippen LogP contribution in [0.1, 0.15) is 48.2 Å². The molecule has 0 saturated heterocycles. The predicted molar refractivity (Wildman–Crippen MR) is 119 cm³/mol. The quantitative estimate of drug-likeness (QED) is 0.585. The molecule has 32 heavy (non-hydrogen) atoms. The second kappa shape index (κ2) is 8.42. The second-order valence-corrected chi connectivity index (χ2v) is 8.17. The summed E-state index contributed by atoms with van der Waals surface area (Å²) in [6, 6.07) is 16.1. The summed E-state index contributed by atoms with van der Waals surface area (Å²) >= 11 is 0. The van der Waals surface area contributed by atoms with Crippen LogP contribution in [-0.2, 0) is 10.2 Å². The predicted octanol–water partition coefficient (Wildman–Crippen LogP) is 5.10. The van der Waals surface area contributed by atoms with Crippen LogP contribution < -0.4 is 20.1 Å². The lowest BCUT2D eigenvalue weighted by Gasteiger charge is -2.36. The number of benzene rings is 2. The van der Waals surface area contributed by atoms with E-state index in [9.17, 15) is 9.59 Å². The number of carbonyl (C=O) groups excluding carboxylic acids is 2. The van der Waals surface area contributed by atoms with Gasteiger partial charge >= 0.3 is 0 Å². The summed E-state index contributed by atoms with van der Waals surface area (Å²) in [6.45, 7) is 0.209. The first kappa shape index (κ1) is 20.2. The van der Waals surface area contributed by atoms with E-state index in [0.717, 1.165) is 37.7 Å². The molecular weight excluding hydrogens is 408 g/mol. The van der Waals surface area contributed by atoms with E-state index in [0.29, 0.717) is 22.9 Å². The summed E-state index contributed by atoms with van der Waals surface area (Å²) in [5, 5.41) is 5.86. The largest absolute Gasteiger partial charge is 0.459 e. The smallest absolute Gasteiger partial charge is 0.291 e. The molecule has 2 aromatic carbocycles. The number of furan rings is 1. The lowest BCUT2D eigenvalue weighted by Crippen LogP contribution is -2.42. The molecule has 2 aliphatic rings. The van der Waals surface area contributed by atoms with Crippen molar-refractivity contribution in [2.75, 3.05) is 17.4 Å². The minimum Gasteiger partial charge on any atom is -0.459 e. The van der Waals surface area contributed by atoms with Gasteiger partial charge in [0.1, 0.15) is 0 Å². The molecule has 1 saturated carbocycles. The molecule has 7 nitrogen and oxygen atoms in total. The number of ether oxygens (including phenoxy) is 2. The third-order valence-corrected chi connectivity index (χ3v) is 6.21. The molecule has 2 N–H and O–H groups in total. The Labute approximate surface area is 185 Å². The van der Waals surface area contributed by atoms with E-state index in [1.54, 1.807) is 36.4 Å². The zero-order chi connectivity index (χ0) is 22.0. The highest BCUT2D eigenvalue weighted by molar-refractivity contribution is 6.03. The molecule has 1 fully saturated rings. The highest BCUT2D eigenvalue weighted by Gasteiger charge is 2.42. The van der Waals surface area contributed by atoms with Crippen LogP contribution >= 0.6 is 0 Å². The summed E-state index contributed by atoms with van der Waals surface area (Å²) in [5.74, 6) is 1.30. The molecular formula is C25H24N2O5. The second-order valence-electron chi connectivity index (χ2n) is 8.17. The van der Waals surface area contributed by atoms with E-state index in [1.807, 2.05) is 18.2 Å². The van der Waals surface area contributed by atoms with Gasteiger partial charge < -0.3 is 24.5 Å². The Bertz CT molecular complexity index is 1120. The van der Waals surface area contributed by atoms with Crippen molar-refractivity contribution in [3.05, 3.63) is 72.2 Å². The fourth-order valence-electron chi connectivity index (χ4n) is 4.48. The summed E-state index contributed by atoms with van der Waals surface area (Å²) in [5.41, 5.74) is 1.65. The molecule has 0 radical (unpaired) electrons. The van der Waals surface area contributed by atoms with Gasteiger partial charge in [0.05, 0.1) is 11.7 Å². The van der Waals surface area contributed by atoms with Crippen LogP contribution in [0.5, 0.6) is 11.5 Å². The summed E-state index contributed by atoms with van der Waals surface area (Å²) in [6.07, 6.45) is 6.16. The normalized spacial score (nSPS) is 16.4. The molecule has 7 heteroatoms. The van der Waals surface area contributed by atoms with Crippen molar-refractivity contribution in [2.45, 2.75) is 37.5 Å². The maximum atomic E-state index is 13.5. The topological polar surface area (TPSA) is 89.8 Å². The number of hydrogen-bond donors (Lipinski definition) is 2. The number of carbonyl (C=O) groups is 2. The number of anilines is 2. The summed E-state index contributed by atoms with van der Waals surface area (Å²) in [4.78, 5) is 25.7. The van der Waals surface area contributed by atoms with Crippen LogP contribution in [0.4, 0.5) is 11.4 Å². The van der Waals surface area contributed by atoms with Gasteiger partial charge in [0, 0.05) is 11.4 Å². The van der Waals surface area contributed by atoms with Crippen molar-refractivity contribution in [3.63, 3.8) is 0 Å². The lowest BCUT2D eigenvalue weighted by molar-refractivity contribution is -0.122. The van der Waals surface area contributed by atoms with Gasteiger partial charge in [-0.3, -0.25) is 9.59 Å². The minimum absolute atomic E-state index is 0.0246. The maximum absolute atomic E-state index is 13.5. The van der Waals surface area contributed by atoms with Gasteiger partial charge in [0.15, 0.2) is 17.3 Å². The first-order valence-electron chi connectivity index (χ1n) is 10.8. The molecule has 5 rings (SSSR count). The number of nitrogens with one attached hydrogen (secondary N) is 2. The van der Waals surface area contributed by atoms with Crippen molar-refractivity contribution >= 4 is 23.2 Å². The molecule has 3 aromatic rings. The average Bonchev–Trinajstić information content (AvgIpc) is 3.52. The molecule has 1 aliphatic carbocycles. The Balaban J connectivity index is 1.33. The maximum Gasteiger partial charge on any atom is 0.291 e. The van der Waals surface area contributed by atoms with Gasteiger partial charge in [0.2, 0.25) is 12.7 Å². The Morgan fingerprint density at radius 3 is 2.25 bits per heavy atom. The Kier molecular flexibility index (Phi) is 5.31. The van der Waals surface area contributed by atoms with Crippen LogP contribution in [0.2, 0.25) is 0 Å². The zero-order valence-electron chi connectivity index (χ0n) is 17.6. The molecule has 0 bridgehead atoms. The molecule has 1 aliphatic heterocycles. The molecule has 0 atom stereocenters. The van der Waals surface area contributed by atoms with Crippen LogP contribution in [-0.4, -0.2) is 18.6 Å². The van der Waals surface area contributed by atoms with Gasteiger partial charge in [-0.2, -0.15) is 0 Å². The van der Waals surface area contributed by atoms with Crippen LogP contribution in [0, 0.1) is 0 Å². The number of rotatable bonds is 5. The Morgan fingerprint density at radius 1 is 0.812 bits per heavy atom. The number of fused-ring (bicyclic) bond motifs is 1. The summed E-state index contributed by atoms with van der Waals surface area (Å²) in [7, 11) is 0. The van der Waals surface area contributed by atoms with Crippen molar-refractivity contribution in [1.82, 2.24) is 0 Å². The van der Waals surface area contributed by atoms with Crippen LogP contribution in [0.3, 0.4) is 0 Å². The van der Waals surface area contributed by atoms with E-state index < -0.39 is 5.41 Å². The van der Waals surface area contributed by atoms with Gasteiger partial charge in [-0.1, -0.05) is 25.3 Å². The lowest BCUT2D eigenvalue weighted by atomic mass is 9.68. The van der Waals surface area contributed by atoms with E-state index in [-0.39, 0.29) is 24.4 Å². The van der Waals surface area contributed by atoms with Crippen molar-refractivity contribution in [1.29, 1.82) is 0 Å². The van der Waals surface area contributed by atoms with Crippen molar-refractivity contribution < 1.29 is 23.5 Å². The average molecular weight is 432 g/mol. The van der Waals surface area contributed by atoms with Crippen LogP contribution in [0.15, 0.2) is 65.3 Å². The van der Waals surface area contributed by atoms with Crippen molar-refractivity contribution in [2.24, 2.45) is 0 Å². The standard InChI is InChI=1S/C25H24N2O5/c28-23(21-5-4-14-30-21)26-18-7-9-19(10-8-18)27-24(29)25(12-2-1-3-13-25)17-6-11-20-22(15-17)32-16-31-20/h4-11,14-15H,1-3,12-13,16H2,(H,26,28)(H,27,29). The molecule has 2 amide bonds. The summed E-state index contributed by atoms with van der Waals surface area (Å²) < 4.78 is 16.1. The third kappa shape index (κ3) is 3.82. The minimum atomic E-state index is -0.606. The van der Waals surface area contributed by atoms with E-state index in [4.69, 9.17) is 13.9 Å². The fraction of sp³-hybridized carbons (Fsp3) is 0.280. The van der Waals surface area contributed by atoms with Crippen LogP contribution in [0.25, 0.3) is 0 Å². The fourth-order valence-corrected chi connectivity index (χ4v) is 4.48. The molecule has 0 spiro atoms. The highest BCUT2D eigenvalue weighted by Crippen LogP contribution is 2.44. The first-order chi connectivity index (χ1) is 15.6. The Morgan fingerprint density at radius 2 is 1.53 bits per heavy atom. The molecule has 2 heterocycles. The number of hydrogen-bond acceptors (Lipinski definition) is 5. The molecule has 0 unspecified atom stereocenters. The molecule has 1 aromatic heterocycles. The Hall–Kier alpha value is -3.74. The highest BCUT2D eigenvalue weighted by atomic mass is 16.7. The zero-order valence-corrected chi connectivity index (χ0v) is 17.6. The monoisotopic (exact) mass is 432 g/mol.